The van der Waals surface area contributed by atoms with Crippen molar-refractivity contribution in [2.24, 2.45) is 11.8 Å². The van der Waals surface area contributed by atoms with E-state index < -0.39 is 44.0 Å². The van der Waals surface area contributed by atoms with Gasteiger partial charge in [0, 0.05) is 23.4 Å². The molecule has 33 heavy (non-hydrogen) atoms. The number of rotatable bonds is 5. The Morgan fingerprint density at radius 3 is 2.33 bits per heavy atom. The molecule has 3 aliphatic carbocycles. The Morgan fingerprint density at radius 2 is 1.76 bits per heavy atom. The van der Waals surface area contributed by atoms with Crippen molar-refractivity contribution >= 4 is 33.0 Å². The lowest BCUT2D eigenvalue weighted by Crippen LogP contribution is -2.61. The van der Waals surface area contributed by atoms with E-state index in [1.807, 2.05) is 6.07 Å². The standard InChI is InChI=1S/C22H18ClF3N2O4S/c23-16-2-1-11(21(29)28-14-9-17(24)20(26)18(25)10-14)5-19(16)33(31,32)15-7-12-6-13(8-15)22(12,30)3-4-27/h1-2,5,9-10,12-13,15,30H,3,6-8H2,(H,28,29). The number of nitriles is 1. The number of halogens is 4. The number of amides is 1. The molecule has 3 fully saturated rings. The molecule has 0 spiro atoms. The molecule has 0 aliphatic heterocycles. The molecule has 2 atom stereocenters. The lowest BCUT2D eigenvalue weighted by atomic mass is 9.53. The fourth-order valence-corrected chi connectivity index (χ4v) is 7.20. The number of benzene rings is 2. The number of nitrogens with zero attached hydrogens (tertiary/aromatic N) is 1. The normalized spacial score (nSPS) is 26.2. The van der Waals surface area contributed by atoms with Crippen molar-refractivity contribution in [2.75, 3.05) is 5.32 Å². The molecule has 5 rings (SSSR count). The first-order valence-corrected chi connectivity index (χ1v) is 12.0. The second kappa shape index (κ2) is 8.31. The Labute approximate surface area is 192 Å². The van der Waals surface area contributed by atoms with Crippen LogP contribution in [-0.2, 0) is 9.84 Å². The van der Waals surface area contributed by atoms with E-state index in [9.17, 15) is 31.5 Å². The summed E-state index contributed by atoms with van der Waals surface area (Å²) in [5.41, 5.74) is -1.66. The van der Waals surface area contributed by atoms with Crippen LogP contribution in [0, 0.1) is 40.6 Å². The first kappa shape index (κ1) is 23.5. The van der Waals surface area contributed by atoms with Gasteiger partial charge in [0.2, 0.25) is 0 Å². The first-order chi connectivity index (χ1) is 15.5. The van der Waals surface area contributed by atoms with E-state index in [1.165, 1.54) is 12.1 Å². The molecule has 0 saturated heterocycles. The van der Waals surface area contributed by atoms with Crippen molar-refractivity contribution in [2.45, 2.75) is 41.4 Å². The number of nitrogens with one attached hydrogen (secondary N) is 1. The molecule has 2 unspecified atom stereocenters. The maximum Gasteiger partial charge on any atom is 0.255 e. The van der Waals surface area contributed by atoms with Gasteiger partial charge in [-0.25, -0.2) is 21.6 Å². The van der Waals surface area contributed by atoms with E-state index >= 15 is 0 Å². The van der Waals surface area contributed by atoms with Gasteiger partial charge >= 0.3 is 0 Å². The van der Waals surface area contributed by atoms with Crippen LogP contribution in [0.2, 0.25) is 5.02 Å². The van der Waals surface area contributed by atoms with Crippen LogP contribution in [0.5, 0.6) is 0 Å². The van der Waals surface area contributed by atoms with Crippen molar-refractivity contribution in [1.82, 2.24) is 0 Å². The van der Waals surface area contributed by atoms with E-state index in [-0.39, 0.29) is 52.3 Å². The first-order valence-electron chi connectivity index (χ1n) is 10.1. The van der Waals surface area contributed by atoms with Gasteiger partial charge in [-0.15, -0.1) is 0 Å². The number of carbonyl (C=O) groups excluding carboxylic acids is 1. The van der Waals surface area contributed by atoms with Crippen LogP contribution in [0.25, 0.3) is 0 Å². The summed E-state index contributed by atoms with van der Waals surface area (Å²) in [7, 11) is -3.98. The summed E-state index contributed by atoms with van der Waals surface area (Å²) in [4.78, 5) is 12.3. The fraction of sp³-hybridized carbons (Fsp3) is 0.364. The molecule has 2 N–H and O–H groups in total. The Morgan fingerprint density at radius 1 is 1.15 bits per heavy atom. The van der Waals surface area contributed by atoms with Gasteiger partial charge in [0.15, 0.2) is 27.3 Å². The van der Waals surface area contributed by atoms with Crippen LogP contribution in [-0.4, -0.2) is 30.3 Å². The third kappa shape index (κ3) is 3.98. The van der Waals surface area contributed by atoms with Crippen LogP contribution < -0.4 is 5.32 Å². The zero-order chi connectivity index (χ0) is 24.1. The Balaban J connectivity index is 1.57. The minimum atomic E-state index is -3.98. The highest BCUT2D eigenvalue weighted by Gasteiger charge is 2.59. The number of fused-ring (bicyclic) bond motifs is 2. The van der Waals surface area contributed by atoms with E-state index in [0.29, 0.717) is 18.6 Å². The van der Waals surface area contributed by atoms with Gasteiger partial charge in [-0.1, -0.05) is 11.6 Å². The Kier molecular flexibility index (Phi) is 5.93. The summed E-state index contributed by atoms with van der Waals surface area (Å²) < 4.78 is 66.5. The van der Waals surface area contributed by atoms with Crippen LogP contribution in [0.1, 0.15) is 36.0 Å². The van der Waals surface area contributed by atoms with Crippen molar-refractivity contribution in [1.29, 1.82) is 5.26 Å². The summed E-state index contributed by atoms with van der Waals surface area (Å²) in [6.45, 7) is 0. The van der Waals surface area contributed by atoms with Crippen LogP contribution >= 0.6 is 11.6 Å². The minimum Gasteiger partial charge on any atom is -0.388 e. The van der Waals surface area contributed by atoms with E-state index in [0.717, 1.165) is 6.07 Å². The molecular weight excluding hydrogens is 481 g/mol. The molecule has 174 valence electrons. The molecule has 2 aromatic carbocycles. The molecule has 0 radical (unpaired) electrons. The zero-order valence-electron chi connectivity index (χ0n) is 17.0. The summed E-state index contributed by atoms with van der Waals surface area (Å²) in [6.07, 6.45) is 0.914. The molecule has 0 aromatic heterocycles. The number of anilines is 1. The highest BCUT2D eigenvalue weighted by atomic mass is 35.5. The highest BCUT2D eigenvalue weighted by molar-refractivity contribution is 7.92. The quantitative estimate of drug-likeness (QED) is 0.600. The molecular formula is C22H18ClF3N2O4S. The molecule has 1 amide bonds. The number of sulfone groups is 1. The summed E-state index contributed by atoms with van der Waals surface area (Å²) in [5.74, 6) is -6.16. The number of carbonyl (C=O) groups is 1. The molecule has 2 aromatic rings. The Bertz CT molecular complexity index is 1260. The second-order valence-electron chi connectivity index (χ2n) is 8.45. The largest absolute Gasteiger partial charge is 0.388 e. The van der Waals surface area contributed by atoms with Crippen LogP contribution in [0.3, 0.4) is 0 Å². The van der Waals surface area contributed by atoms with Gasteiger partial charge in [0.05, 0.1) is 33.3 Å². The maximum atomic E-state index is 13.4. The maximum absolute atomic E-state index is 13.4. The molecule has 2 bridgehead atoms. The summed E-state index contributed by atoms with van der Waals surface area (Å²) >= 11 is 6.13. The van der Waals surface area contributed by atoms with Gasteiger partial charge < -0.3 is 10.4 Å². The van der Waals surface area contributed by atoms with Crippen LogP contribution in [0.4, 0.5) is 18.9 Å². The second-order valence-corrected chi connectivity index (χ2v) is 11.1. The lowest BCUT2D eigenvalue weighted by Gasteiger charge is -2.57. The molecule has 11 heteroatoms. The van der Waals surface area contributed by atoms with E-state index in [1.54, 1.807) is 0 Å². The van der Waals surface area contributed by atoms with E-state index in [2.05, 4.69) is 5.32 Å². The number of hydrogen-bond acceptors (Lipinski definition) is 5. The van der Waals surface area contributed by atoms with Crippen molar-refractivity contribution in [3.05, 3.63) is 58.4 Å². The third-order valence-electron chi connectivity index (χ3n) is 6.62. The Hall–Kier alpha value is -2.61. The monoisotopic (exact) mass is 498 g/mol. The SMILES string of the molecule is N#CCC1(O)C2CC1CC(S(=O)(=O)c1cc(C(=O)Nc3cc(F)c(F)c(F)c3)ccc1Cl)C2. The summed E-state index contributed by atoms with van der Waals surface area (Å²) in [5, 5.41) is 20.8. The number of hydrogen-bond donors (Lipinski definition) is 2. The summed E-state index contributed by atoms with van der Waals surface area (Å²) in [6, 6.07) is 6.69. The molecule has 3 saturated carbocycles. The van der Waals surface area contributed by atoms with Crippen molar-refractivity contribution in [3.63, 3.8) is 0 Å². The smallest absolute Gasteiger partial charge is 0.255 e. The van der Waals surface area contributed by atoms with Gasteiger partial charge in [0.25, 0.3) is 5.91 Å². The minimum absolute atomic E-state index is 0.0594. The molecule has 6 nitrogen and oxygen atoms in total. The average molecular weight is 499 g/mol. The third-order valence-corrected chi connectivity index (χ3v) is 9.28. The predicted octanol–water partition coefficient (Wildman–Crippen LogP) is 4.23. The average Bonchev–Trinajstić information content (AvgIpc) is 2.77. The van der Waals surface area contributed by atoms with Gasteiger partial charge in [-0.2, -0.15) is 5.26 Å². The predicted molar refractivity (Wildman–Crippen MR) is 113 cm³/mol. The van der Waals surface area contributed by atoms with Crippen molar-refractivity contribution < 1.29 is 31.5 Å². The van der Waals surface area contributed by atoms with E-state index in [4.69, 9.17) is 16.9 Å². The number of aliphatic hydroxyl groups is 1. The van der Waals surface area contributed by atoms with Crippen LogP contribution in [0.15, 0.2) is 35.2 Å². The zero-order valence-corrected chi connectivity index (χ0v) is 18.6. The molecule has 0 heterocycles. The fourth-order valence-electron chi connectivity index (χ4n) is 4.80. The van der Waals surface area contributed by atoms with Gasteiger partial charge in [0.1, 0.15) is 0 Å². The molecule has 3 aliphatic rings. The van der Waals surface area contributed by atoms with Crippen molar-refractivity contribution in [3.8, 4) is 6.07 Å². The van der Waals surface area contributed by atoms with Gasteiger partial charge in [-0.05, 0) is 49.3 Å². The van der Waals surface area contributed by atoms with Gasteiger partial charge in [-0.3, -0.25) is 4.79 Å². The lowest BCUT2D eigenvalue weighted by molar-refractivity contribution is -0.172. The topological polar surface area (TPSA) is 107 Å². The highest BCUT2D eigenvalue weighted by Crippen LogP contribution is 2.57.